The van der Waals surface area contributed by atoms with Crippen LogP contribution in [0.4, 0.5) is 0 Å². The normalized spacial score (nSPS) is 26.1. The first kappa shape index (κ1) is 24.2. The van der Waals surface area contributed by atoms with E-state index in [2.05, 4.69) is 20.2 Å². The van der Waals surface area contributed by atoms with Gasteiger partial charge in [0.25, 0.3) is 0 Å². The minimum atomic E-state index is -3.97. The van der Waals surface area contributed by atoms with Crippen LogP contribution in [0.2, 0.25) is 0 Å². The number of aromatic amines is 1. The Morgan fingerprint density at radius 1 is 0.974 bits per heavy atom. The van der Waals surface area contributed by atoms with E-state index in [1.165, 1.54) is 0 Å². The molecule has 10 nitrogen and oxygen atoms in total. The Hall–Kier alpha value is -2.83. The summed E-state index contributed by atoms with van der Waals surface area (Å²) in [5.74, 6) is 0.738. The van der Waals surface area contributed by atoms with Crippen LogP contribution in [0.3, 0.4) is 0 Å². The molecule has 8 rings (SSSR count). The number of aryl methyl sites for hydroxylation is 1. The molecule has 3 aromatic heterocycles. The van der Waals surface area contributed by atoms with E-state index in [9.17, 15) is 16.8 Å². The highest BCUT2D eigenvalue weighted by atomic mass is 32.2. The maximum absolute atomic E-state index is 13.8. The Balaban J connectivity index is 1.33. The van der Waals surface area contributed by atoms with Gasteiger partial charge in [0.15, 0.2) is 11.3 Å². The van der Waals surface area contributed by atoms with Crippen LogP contribution in [-0.2, 0) is 25.3 Å². The Kier molecular flexibility index (Phi) is 5.01. The van der Waals surface area contributed by atoms with Crippen LogP contribution in [0.1, 0.15) is 62.8 Å². The Labute approximate surface area is 221 Å². The summed E-state index contributed by atoms with van der Waals surface area (Å²) >= 11 is 0. The molecule has 1 aromatic carbocycles. The van der Waals surface area contributed by atoms with E-state index in [1.807, 2.05) is 10.5 Å². The summed E-state index contributed by atoms with van der Waals surface area (Å²) in [4.78, 5) is 7.79. The number of nitrogens with one attached hydrogen (secondary N) is 1. The summed E-state index contributed by atoms with van der Waals surface area (Å²) in [6, 6.07) is 8.73. The molecular formula is C26H30N6O4S2. The highest BCUT2D eigenvalue weighted by molar-refractivity contribution is 7.91. The highest BCUT2D eigenvalue weighted by Crippen LogP contribution is 2.56. The molecule has 4 saturated carbocycles. The molecule has 4 fully saturated rings. The number of aromatic nitrogens is 5. The van der Waals surface area contributed by atoms with Gasteiger partial charge in [0, 0.05) is 24.2 Å². The lowest BCUT2D eigenvalue weighted by atomic mass is 9.57. The number of rotatable bonds is 6. The molecule has 0 saturated heterocycles. The van der Waals surface area contributed by atoms with Crippen molar-refractivity contribution in [1.29, 1.82) is 0 Å². The third-order valence-corrected chi connectivity index (χ3v) is 13.6. The smallest absolute Gasteiger partial charge is 0.228 e. The summed E-state index contributed by atoms with van der Waals surface area (Å²) in [6.07, 6.45) is 7.82. The van der Waals surface area contributed by atoms with Crippen LogP contribution in [0.5, 0.6) is 0 Å². The monoisotopic (exact) mass is 554 g/mol. The largest absolute Gasteiger partial charge is 0.345 e. The van der Waals surface area contributed by atoms with Crippen molar-refractivity contribution < 1.29 is 16.8 Å². The fourth-order valence-corrected chi connectivity index (χ4v) is 10.3. The van der Waals surface area contributed by atoms with E-state index in [1.54, 1.807) is 48.7 Å². The maximum Gasteiger partial charge on any atom is 0.228 e. The molecule has 2 bridgehead atoms. The van der Waals surface area contributed by atoms with E-state index in [-0.39, 0.29) is 31.8 Å². The van der Waals surface area contributed by atoms with Crippen molar-refractivity contribution in [3.8, 4) is 0 Å². The second kappa shape index (κ2) is 7.86. The summed E-state index contributed by atoms with van der Waals surface area (Å²) in [6.45, 7) is 1.77. The van der Waals surface area contributed by atoms with Crippen molar-refractivity contribution in [2.45, 2.75) is 84.4 Å². The van der Waals surface area contributed by atoms with Gasteiger partial charge in [-0.05, 0) is 76.0 Å². The molecule has 0 aliphatic heterocycles. The molecule has 0 spiro atoms. The van der Waals surface area contributed by atoms with Gasteiger partial charge in [0.05, 0.1) is 15.7 Å². The van der Waals surface area contributed by atoms with Gasteiger partial charge in [-0.3, -0.25) is 4.40 Å². The van der Waals surface area contributed by atoms with Crippen LogP contribution in [-0.4, -0.2) is 63.5 Å². The zero-order chi connectivity index (χ0) is 26.5. The van der Waals surface area contributed by atoms with Gasteiger partial charge in [-0.15, -0.1) is 10.2 Å². The van der Waals surface area contributed by atoms with Crippen LogP contribution < -0.4 is 0 Å². The first-order valence-corrected chi connectivity index (χ1v) is 16.1. The zero-order valence-corrected chi connectivity index (χ0v) is 23.0. The van der Waals surface area contributed by atoms with E-state index in [0.717, 1.165) is 62.7 Å². The molecule has 1 N–H and O–H groups in total. The van der Waals surface area contributed by atoms with Gasteiger partial charge in [0.1, 0.15) is 5.82 Å². The lowest BCUT2D eigenvalue weighted by molar-refractivity contribution is 0.0295. The van der Waals surface area contributed by atoms with Crippen molar-refractivity contribution in [2.24, 2.45) is 0 Å². The molecule has 0 atom stereocenters. The van der Waals surface area contributed by atoms with Gasteiger partial charge in [-0.25, -0.2) is 21.8 Å². The molecule has 12 heteroatoms. The van der Waals surface area contributed by atoms with E-state index in [0.29, 0.717) is 11.2 Å². The lowest BCUT2D eigenvalue weighted by Crippen LogP contribution is -2.59. The predicted octanol–water partition coefficient (Wildman–Crippen LogP) is 3.52. The van der Waals surface area contributed by atoms with Crippen molar-refractivity contribution in [2.75, 3.05) is 7.05 Å². The first-order chi connectivity index (χ1) is 18.1. The number of H-pyrrole nitrogens is 1. The van der Waals surface area contributed by atoms with Gasteiger partial charge >= 0.3 is 0 Å². The number of fused-ring (bicyclic) bond motifs is 6. The second-order valence-electron chi connectivity index (χ2n) is 11.3. The quantitative estimate of drug-likeness (QED) is 0.386. The Morgan fingerprint density at radius 2 is 1.66 bits per heavy atom. The molecule has 4 aliphatic carbocycles. The average molecular weight is 555 g/mol. The summed E-state index contributed by atoms with van der Waals surface area (Å²) in [5, 5.41) is 8.71. The number of sulfonamides is 1. The van der Waals surface area contributed by atoms with Crippen LogP contribution in [0, 0.1) is 6.92 Å². The summed E-state index contributed by atoms with van der Waals surface area (Å²) in [5.41, 5.74) is 1.39. The van der Waals surface area contributed by atoms with Crippen LogP contribution in [0.15, 0.2) is 46.5 Å². The maximum atomic E-state index is 13.8. The standard InChI is InChI=1S/C26H30N6O4S2/c1-17-5-3-4-6-20(17)37(33,34)23-22-29-30-24(32(22)19-9-16-27-21(19)28-23)25-10-13-26(14-11-25,15-12-25)31(2)38(35,36)18-7-8-18/h3-6,9,16,18,27H,7-8,10-15H2,1-2H3. The van der Waals surface area contributed by atoms with Crippen LogP contribution >= 0.6 is 0 Å². The van der Waals surface area contributed by atoms with E-state index in [4.69, 9.17) is 0 Å². The Morgan fingerprint density at radius 3 is 2.32 bits per heavy atom. The molecule has 0 unspecified atom stereocenters. The molecular weight excluding hydrogens is 524 g/mol. The van der Waals surface area contributed by atoms with E-state index < -0.39 is 19.9 Å². The zero-order valence-electron chi connectivity index (χ0n) is 21.4. The fraction of sp³-hybridized carbons (Fsp3) is 0.500. The lowest BCUT2D eigenvalue weighted by Gasteiger charge is -2.55. The first-order valence-electron chi connectivity index (χ1n) is 13.1. The predicted molar refractivity (Wildman–Crippen MR) is 141 cm³/mol. The topological polar surface area (TPSA) is 130 Å². The van der Waals surface area contributed by atoms with Gasteiger partial charge in [-0.2, -0.15) is 4.31 Å². The van der Waals surface area contributed by atoms with Crippen LogP contribution in [0.25, 0.3) is 16.8 Å². The van der Waals surface area contributed by atoms with Crippen molar-refractivity contribution in [3.05, 3.63) is 47.9 Å². The third kappa shape index (κ3) is 3.23. The minimum absolute atomic E-state index is 0.117. The third-order valence-electron chi connectivity index (χ3n) is 9.33. The summed E-state index contributed by atoms with van der Waals surface area (Å²) in [7, 11) is -5.48. The van der Waals surface area contributed by atoms with Gasteiger partial charge in [0.2, 0.25) is 24.9 Å². The highest BCUT2D eigenvalue weighted by Gasteiger charge is 2.57. The van der Waals surface area contributed by atoms with Crippen molar-refractivity contribution in [1.82, 2.24) is 28.9 Å². The molecule has 0 amide bonds. The molecule has 0 radical (unpaired) electrons. The van der Waals surface area contributed by atoms with Gasteiger partial charge in [-0.1, -0.05) is 18.2 Å². The number of hydrogen-bond acceptors (Lipinski definition) is 7. The molecule has 200 valence electrons. The molecule has 4 aromatic rings. The van der Waals surface area contributed by atoms with Gasteiger partial charge < -0.3 is 4.98 Å². The average Bonchev–Trinajstić information content (AvgIpc) is 3.52. The molecule has 38 heavy (non-hydrogen) atoms. The molecule has 3 heterocycles. The SMILES string of the molecule is Cc1ccccc1S(=O)(=O)c1nc2[nH]ccc2n2c(C34CCC(N(C)S(=O)(=O)C5CC5)(CC3)CC4)nnc12. The van der Waals surface area contributed by atoms with E-state index >= 15 is 0 Å². The summed E-state index contributed by atoms with van der Waals surface area (Å²) < 4.78 is 57.4. The number of nitrogens with zero attached hydrogens (tertiary/aromatic N) is 5. The number of sulfone groups is 1. The fourth-order valence-electron chi connectivity index (χ4n) is 6.74. The number of benzene rings is 1. The minimum Gasteiger partial charge on any atom is -0.345 e. The molecule has 4 aliphatic rings. The van der Waals surface area contributed by atoms with Crippen molar-refractivity contribution >= 4 is 36.7 Å². The second-order valence-corrected chi connectivity index (χ2v) is 15.4. The number of hydrogen-bond donors (Lipinski definition) is 1. The van der Waals surface area contributed by atoms with Crippen molar-refractivity contribution in [3.63, 3.8) is 0 Å². The Bertz CT molecular complexity index is 1800.